The lowest BCUT2D eigenvalue weighted by Gasteiger charge is -1.88. The zero-order valence-electron chi connectivity index (χ0n) is 10.8. The Balaban J connectivity index is 1.77. The van der Waals surface area contributed by atoms with Gasteiger partial charge in [-0.25, -0.2) is 9.97 Å². The Kier molecular flexibility index (Phi) is 2.99. The number of aryl methyl sites for hydroxylation is 2. The first kappa shape index (κ1) is 12.6. The van der Waals surface area contributed by atoms with Crippen LogP contribution in [0.1, 0.15) is 9.75 Å². The Morgan fingerprint density at radius 1 is 0.650 bits per heavy atom. The van der Waals surface area contributed by atoms with Gasteiger partial charge in [-0.2, -0.15) is 0 Å². The third-order valence-corrected chi connectivity index (χ3v) is 7.25. The monoisotopic (exact) mass is 334 g/mol. The lowest BCUT2D eigenvalue weighted by Crippen LogP contribution is -1.67. The van der Waals surface area contributed by atoms with Crippen molar-refractivity contribution in [3.63, 3.8) is 0 Å². The van der Waals surface area contributed by atoms with Crippen LogP contribution in [0.15, 0.2) is 24.3 Å². The number of thiophene rings is 2. The zero-order valence-corrected chi connectivity index (χ0v) is 14.1. The first-order chi connectivity index (χ1) is 9.69. The van der Waals surface area contributed by atoms with Crippen molar-refractivity contribution in [2.75, 3.05) is 0 Å². The van der Waals surface area contributed by atoms with Crippen molar-refractivity contribution in [2.24, 2.45) is 0 Å². The number of hydrogen-bond acceptors (Lipinski definition) is 6. The number of hydrogen-bond donors (Lipinski definition) is 0. The van der Waals surface area contributed by atoms with E-state index >= 15 is 0 Å². The highest BCUT2D eigenvalue weighted by Crippen LogP contribution is 2.39. The number of thiazole rings is 2. The summed E-state index contributed by atoms with van der Waals surface area (Å²) in [5, 5.41) is 2.18. The predicted octanol–water partition coefficient (Wildman–Crippen LogP) is 5.83. The SMILES string of the molecule is Cc1ccc(-c2nc3sc(-c4ccc(C)s4)nc3s2)s1. The van der Waals surface area contributed by atoms with Crippen molar-refractivity contribution in [1.82, 2.24) is 9.97 Å². The van der Waals surface area contributed by atoms with Crippen molar-refractivity contribution < 1.29 is 0 Å². The van der Waals surface area contributed by atoms with Crippen molar-refractivity contribution in [1.29, 1.82) is 0 Å². The highest BCUT2D eigenvalue weighted by atomic mass is 32.1. The summed E-state index contributed by atoms with van der Waals surface area (Å²) < 4.78 is 0. The molecule has 0 aromatic carbocycles. The van der Waals surface area contributed by atoms with Gasteiger partial charge in [-0.05, 0) is 38.1 Å². The minimum absolute atomic E-state index is 1.05. The largest absolute Gasteiger partial charge is 0.222 e. The van der Waals surface area contributed by atoms with Gasteiger partial charge in [-0.1, -0.05) is 22.7 Å². The van der Waals surface area contributed by atoms with Crippen LogP contribution in [0.5, 0.6) is 0 Å². The highest BCUT2D eigenvalue weighted by molar-refractivity contribution is 7.31. The molecule has 0 unspecified atom stereocenters. The van der Waals surface area contributed by atoms with E-state index in [1.807, 2.05) is 0 Å². The minimum Gasteiger partial charge on any atom is -0.222 e. The summed E-state index contributed by atoms with van der Waals surface area (Å²) in [6, 6.07) is 8.57. The van der Waals surface area contributed by atoms with Gasteiger partial charge in [-0.3, -0.25) is 0 Å². The summed E-state index contributed by atoms with van der Waals surface area (Å²) in [5.74, 6) is 0. The predicted molar refractivity (Wildman–Crippen MR) is 91.4 cm³/mol. The van der Waals surface area contributed by atoms with E-state index in [-0.39, 0.29) is 0 Å². The van der Waals surface area contributed by atoms with Crippen LogP contribution in [0.4, 0.5) is 0 Å². The van der Waals surface area contributed by atoms with Crippen LogP contribution in [0.25, 0.3) is 29.4 Å². The molecule has 0 bridgehead atoms. The number of fused-ring (bicyclic) bond motifs is 1. The van der Waals surface area contributed by atoms with Gasteiger partial charge in [0.15, 0.2) is 9.66 Å². The molecule has 4 heterocycles. The van der Waals surface area contributed by atoms with Crippen molar-refractivity contribution in [2.45, 2.75) is 13.8 Å². The Labute approximate surface area is 132 Å². The third-order valence-electron chi connectivity index (χ3n) is 2.88. The second kappa shape index (κ2) is 4.73. The van der Waals surface area contributed by atoms with Gasteiger partial charge in [0.25, 0.3) is 0 Å². The molecular formula is C14H10N2S4. The molecular weight excluding hydrogens is 324 g/mol. The molecule has 0 aliphatic rings. The van der Waals surface area contributed by atoms with Crippen LogP contribution >= 0.6 is 45.3 Å². The maximum Gasteiger partial charge on any atom is 0.155 e. The number of aromatic nitrogens is 2. The average Bonchev–Trinajstić information content (AvgIpc) is 3.09. The fraction of sp³-hybridized carbons (Fsp3) is 0.143. The lowest BCUT2D eigenvalue weighted by atomic mass is 10.4. The van der Waals surface area contributed by atoms with Gasteiger partial charge in [0.2, 0.25) is 0 Å². The van der Waals surface area contributed by atoms with Gasteiger partial charge in [0.1, 0.15) is 10.0 Å². The molecule has 0 spiro atoms. The Morgan fingerprint density at radius 2 is 1.10 bits per heavy atom. The van der Waals surface area contributed by atoms with Gasteiger partial charge < -0.3 is 0 Å². The maximum atomic E-state index is 4.74. The normalized spacial score (nSPS) is 11.5. The van der Waals surface area contributed by atoms with Crippen LogP contribution < -0.4 is 0 Å². The van der Waals surface area contributed by atoms with E-state index in [2.05, 4.69) is 38.1 Å². The quantitative estimate of drug-likeness (QED) is 0.461. The van der Waals surface area contributed by atoms with Gasteiger partial charge in [-0.15, -0.1) is 22.7 Å². The maximum absolute atomic E-state index is 4.74. The molecule has 0 atom stereocenters. The first-order valence-corrected chi connectivity index (χ1v) is 9.36. The summed E-state index contributed by atoms with van der Waals surface area (Å²) in [6.07, 6.45) is 0. The standard InChI is InChI=1S/C14H10N2S4/c1-7-3-5-9(17-7)11-15-13-14(19-11)16-12(20-13)10-6-4-8(2)18-10/h3-6H,1-2H3. The Bertz CT molecular complexity index is 792. The molecule has 4 rings (SSSR count). The van der Waals surface area contributed by atoms with E-state index in [1.54, 1.807) is 45.3 Å². The summed E-state index contributed by atoms with van der Waals surface area (Å²) in [5.41, 5.74) is 0. The second-order valence-electron chi connectivity index (χ2n) is 4.47. The summed E-state index contributed by atoms with van der Waals surface area (Å²) in [7, 11) is 0. The van der Waals surface area contributed by atoms with Crippen LogP contribution in [-0.2, 0) is 0 Å². The molecule has 0 aliphatic heterocycles. The van der Waals surface area contributed by atoms with E-state index in [4.69, 9.17) is 9.97 Å². The van der Waals surface area contributed by atoms with Crippen LogP contribution in [-0.4, -0.2) is 9.97 Å². The summed E-state index contributed by atoms with van der Waals surface area (Å²) >= 11 is 6.96. The Morgan fingerprint density at radius 3 is 1.45 bits per heavy atom. The fourth-order valence-electron chi connectivity index (χ4n) is 1.95. The van der Waals surface area contributed by atoms with Crippen LogP contribution in [0.2, 0.25) is 0 Å². The molecule has 0 fully saturated rings. The molecule has 0 amide bonds. The molecule has 100 valence electrons. The topological polar surface area (TPSA) is 25.8 Å². The van der Waals surface area contributed by atoms with E-state index < -0.39 is 0 Å². The minimum atomic E-state index is 1.05. The van der Waals surface area contributed by atoms with E-state index in [0.717, 1.165) is 19.7 Å². The van der Waals surface area contributed by atoms with Gasteiger partial charge in [0.05, 0.1) is 9.75 Å². The molecule has 0 radical (unpaired) electrons. The van der Waals surface area contributed by atoms with Crippen LogP contribution in [0.3, 0.4) is 0 Å². The van der Waals surface area contributed by atoms with Crippen LogP contribution in [0, 0.1) is 13.8 Å². The van der Waals surface area contributed by atoms with Crippen molar-refractivity contribution in [3.05, 3.63) is 34.0 Å². The zero-order chi connectivity index (χ0) is 13.7. The van der Waals surface area contributed by atoms with Gasteiger partial charge >= 0.3 is 0 Å². The molecule has 0 aliphatic carbocycles. The van der Waals surface area contributed by atoms with Gasteiger partial charge in [0, 0.05) is 9.75 Å². The fourth-order valence-corrected chi connectivity index (χ4v) is 5.84. The molecule has 4 aromatic rings. The molecule has 4 aromatic heterocycles. The summed E-state index contributed by atoms with van der Waals surface area (Å²) in [4.78, 5) is 16.7. The Hall–Kier alpha value is -1.08. The average molecular weight is 335 g/mol. The second-order valence-corrected chi connectivity index (χ2v) is 9.00. The van der Waals surface area contributed by atoms with Crippen molar-refractivity contribution >= 4 is 55.0 Å². The molecule has 6 heteroatoms. The highest BCUT2D eigenvalue weighted by Gasteiger charge is 2.14. The third kappa shape index (κ3) is 2.13. The van der Waals surface area contributed by atoms with E-state index in [0.29, 0.717) is 0 Å². The van der Waals surface area contributed by atoms with E-state index in [9.17, 15) is 0 Å². The first-order valence-electron chi connectivity index (χ1n) is 6.10. The summed E-state index contributed by atoms with van der Waals surface area (Å²) in [6.45, 7) is 4.25. The number of rotatable bonds is 2. The molecule has 0 N–H and O–H groups in total. The lowest BCUT2D eigenvalue weighted by molar-refractivity contribution is 1.51. The number of nitrogens with zero attached hydrogens (tertiary/aromatic N) is 2. The molecule has 20 heavy (non-hydrogen) atoms. The molecule has 2 nitrogen and oxygen atoms in total. The van der Waals surface area contributed by atoms with Crippen molar-refractivity contribution in [3.8, 4) is 19.8 Å². The molecule has 0 saturated carbocycles. The van der Waals surface area contributed by atoms with E-state index in [1.165, 1.54) is 19.5 Å². The smallest absolute Gasteiger partial charge is 0.155 e. The molecule has 0 saturated heterocycles.